The highest BCUT2D eigenvalue weighted by Crippen LogP contribution is 2.34. The van der Waals surface area contributed by atoms with Gasteiger partial charge in [-0.25, -0.2) is 4.39 Å². The van der Waals surface area contributed by atoms with Gasteiger partial charge in [-0.1, -0.05) is 29.2 Å². The van der Waals surface area contributed by atoms with Gasteiger partial charge in [0, 0.05) is 16.5 Å². The van der Waals surface area contributed by atoms with E-state index in [4.69, 9.17) is 5.73 Å². The summed E-state index contributed by atoms with van der Waals surface area (Å²) >= 11 is 2.81. The molecule has 0 aliphatic rings. The van der Waals surface area contributed by atoms with Crippen LogP contribution in [0.5, 0.6) is 0 Å². The predicted molar refractivity (Wildman–Crippen MR) is 63.0 cm³/mol. The molecule has 0 spiro atoms. The molecule has 6 heteroatoms. The maximum Gasteiger partial charge on any atom is 0.178 e. The minimum absolute atomic E-state index is 0.274. The molecule has 0 bridgehead atoms. The van der Waals surface area contributed by atoms with Crippen molar-refractivity contribution < 1.29 is 4.39 Å². The van der Waals surface area contributed by atoms with Crippen LogP contribution in [-0.4, -0.2) is 10.2 Å². The number of aromatic nitrogens is 2. The molecule has 0 saturated carbocycles. The zero-order valence-electron chi connectivity index (χ0n) is 8.55. The molecule has 0 saturated heterocycles. The molecule has 0 fully saturated rings. The Balaban J connectivity index is 2.37. The Morgan fingerprint density at radius 2 is 2.31 bits per heavy atom. The number of benzene rings is 1. The molecule has 1 aromatic heterocycles. The standard InChI is InChI=1S/C10H10FN3S2/c1-6(12)9-7(11)3-2-4-8(9)16-10-14-13-5-15-10/h2-6H,12H2,1H3/t6-/m1/s1. The lowest BCUT2D eigenvalue weighted by Crippen LogP contribution is -2.08. The molecule has 3 nitrogen and oxygen atoms in total. The van der Waals surface area contributed by atoms with Crippen molar-refractivity contribution in [3.63, 3.8) is 0 Å². The average Bonchev–Trinajstić information content (AvgIpc) is 2.70. The Labute approximate surface area is 101 Å². The van der Waals surface area contributed by atoms with Gasteiger partial charge in [0.15, 0.2) is 4.34 Å². The summed E-state index contributed by atoms with van der Waals surface area (Å²) in [5.41, 5.74) is 7.93. The predicted octanol–water partition coefficient (Wildman–Crippen LogP) is 2.85. The van der Waals surface area contributed by atoms with Gasteiger partial charge in [-0.05, 0) is 19.1 Å². The van der Waals surface area contributed by atoms with Crippen molar-refractivity contribution >= 4 is 23.1 Å². The fourth-order valence-corrected chi connectivity index (χ4v) is 3.04. The zero-order chi connectivity index (χ0) is 11.5. The van der Waals surface area contributed by atoms with Gasteiger partial charge >= 0.3 is 0 Å². The molecule has 1 aromatic carbocycles. The summed E-state index contributed by atoms with van der Waals surface area (Å²) in [4.78, 5) is 0.798. The van der Waals surface area contributed by atoms with E-state index in [1.54, 1.807) is 18.5 Å². The smallest absolute Gasteiger partial charge is 0.178 e. The Morgan fingerprint density at radius 1 is 1.50 bits per heavy atom. The van der Waals surface area contributed by atoms with E-state index in [0.29, 0.717) is 5.56 Å². The highest BCUT2D eigenvalue weighted by Gasteiger charge is 2.14. The Morgan fingerprint density at radius 3 is 2.94 bits per heavy atom. The highest BCUT2D eigenvalue weighted by molar-refractivity contribution is 8.01. The molecule has 1 atom stereocenters. The van der Waals surface area contributed by atoms with Crippen LogP contribution in [0.3, 0.4) is 0 Å². The summed E-state index contributed by atoms with van der Waals surface area (Å²) in [5.74, 6) is -0.274. The Kier molecular flexibility index (Phi) is 3.52. The van der Waals surface area contributed by atoms with Gasteiger partial charge in [0.1, 0.15) is 11.3 Å². The van der Waals surface area contributed by atoms with E-state index in [2.05, 4.69) is 10.2 Å². The van der Waals surface area contributed by atoms with E-state index >= 15 is 0 Å². The molecule has 2 rings (SSSR count). The van der Waals surface area contributed by atoms with E-state index in [1.807, 2.05) is 6.07 Å². The lowest BCUT2D eigenvalue weighted by atomic mass is 10.1. The molecule has 0 unspecified atom stereocenters. The summed E-state index contributed by atoms with van der Waals surface area (Å²) < 4.78 is 14.4. The largest absolute Gasteiger partial charge is 0.324 e. The molecule has 0 aliphatic heterocycles. The minimum atomic E-state index is -0.336. The van der Waals surface area contributed by atoms with Crippen LogP contribution in [0.1, 0.15) is 18.5 Å². The van der Waals surface area contributed by atoms with E-state index in [-0.39, 0.29) is 11.9 Å². The second kappa shape index (κ2) is 4.90. The van der Waals surface area contributed by atoms with E-state index < -0.39 is 0 Å². The summed E-state index contributed by atoms with van der Waals surface area (Å²) in [6, 6.07) is 4.60. The molecule has 0 aliphatic carbocycles. The van der Waals surface area contributed by atoms with Gasteiger partial charge in [0.25, 0.3) is 0 Å². The van der Waals surface area contributed by atoms with Crippen LogP contribution in [0.4, 0.5) is 4.39 Å². The third-order valence-electron chi connectivity index (χ3n) is 2.01. The van der Waals surface area contributed by atoms with Crippen molar-refractivity contribution in [1.82, 2.24) is 10.2 Å². The molecular formula is C10H10FN3S2. The second-order valence-electron chi connectivity index (χ2n) is 3.25. The fourth-order valence-electron chi connectivity index (χ4n) is 1.35. The molecule has 2 aromatic rings. The van der Waals surface area contributed by atoms with Crippen LogP contribution in [0.2, 0.25) is 0 Å². The molecule has 16 heavy (non-hydrogen) atoms. The SMILES string of the molecule is C[C@@H](N)c1c(F)cccc1Sc1nncs1. The molecule has 84 valence electrons. The number of nitrogens with two attached hydrogens (primary N) is 1. The number of halogens is 1. The van der Waals surface area contributed by atoms with Gasteiger partial charge in [0.2, 0.25) is 0 Å². The summed E-state index contributed by atoms with van der Waals surface area (Å²) in [6.45, 7) is 1.77. The van der Waals surface area contributed by atoms with Crippen molar-refractivity contribution in [1.29, 1.82) is 0 Å². The first-order valence-corrected chi connectivity index (χ1v) is 6.36. The van der Waals surface area contributed by atoms with Crippen molar-refractivity contribution in [3.05, 3.63) is 35.1 Å². The minimum Gasteiger partial charge on any atom is -0.324 e. The number of nitrogens with zero attached hydrogens (tertiary/aromatic N) is 2. The van der Waals surface area contributed by atoms with Gasteiger partial charge in [-0.15, -0.1) is 10.2 Å². The topological polar surface area (TPSA) is 51.8 Å². The van der Waals surface area contributed by atoms with E-state index in [9.17, 15) is 4.39 Å². The van der Waals surface area contributed by atoms with Gasteiger partial charge < -0.3 is 5.73 Å². The van der Waals surface area contributed by atoms with E-state index in [0.717, 1.165) is 9.24 Å². The zero-order valence-corrected chi connectivity index (χ0v) is 10.2. The van der Waals surface area contributed by atoms with E-state index in [1.165, 1.54) is 29.2 Å². The van der Waals surface area contributed by atoms with Crippen LogP contribution in [0.25, 0.3) is 0 Å². The lowest BCUT2D eigenvalue weighted by Gasteiger charge is -2.11. The Bertz CT molecular complexity index is 471. The van der Waals surface area contributed by atoms with Gasteiger partial charge in [-0.3, -0.25) is 0 Å². The quantitative estimate of drug-likeness (QED) is 0.916. The van der Waals surface area contributed by atoms with Crippen LogP contribution < -0.4 is 5.73 Å². The third kappa shape index (κ3) is 2.40. The van der Waals surface area contributed by atoms with Gasteiger partial charge in [-0.2, -0.15) is 0 Å². The second-order valence-corrected chi connectivity index (χ2v) is 5.37. The van der Waals surface area contributed by atoms with Crippen LogP contribution >= 0.6 is 23.1 Å². The summed E-state index contributed by atoms with van der Waals surface area (Å²) in [7, 11) is 0. The normalized spacial score (nSPS) is 12.7. The van der Waals surface area contributed by atoms with Gasteiger partial charge in [0.05, 0.1) is 0 Å². The maximum atomic E-state index is 13.6. The van der Waals surface area contributed by atoms with Crippen molar-refractivity contribution in [2.75, 3.05) is 0 Å². The lowest BCUT2D eigenvalue weighted by molar-refractivity contribution is 0.585. The average molecular weight is 255 g/mol. The monoisotopic (exact) mass is 255 g/mol. The first-order valence-electron chi connectivity index (χ1n) is 4.66. The molecule has 0 radical (unpaired) electrons. The number of hydrogen-bond acceptors (Lipinski definition) is 5. The third-order valence-corrected chi connectivity index (χ3v) is 3.86. The van der Waals surface area contributed by atoms with Crippen molar-refractivity contribution in [2.24, 2.45) is 5.73 Å². The van der Waals surface area contributed by atoms with Crippen LogP contribution in [0.15, 0.2) is 32.9 Å². The molecule has 1 heterocycles. The Hall–Kier alpha value is -0.980. The molecule has 2 N–H and O–H groups in total. The first-order chi connectivity index (χ1) is 7.68. The number of hydrogen-bond donors (Lipinski definition) is 1. The summed E-state index contributed by atoms with van der Waals surface area (Å²) in [6.07, 6.45) is 0. The highest BCUT2D eigenvalue weighted by atomic mass is 32.2. The molecular weight excluding hydrogens is 245 g/mol. The maximum absolute atomic E-state index is 13.6. The first kappa shape index (κ1) is 11.5. The fraction of sp³-hybridized carbons (Fsp3) is 0.200. The summed E-state index contributed by atoms with van der Waals surface area (Å²) in [5, 5.41) is 7.65. The van der Waals surface area contributed by atoms with Crippen molar-refractivity contribution in [3.8, 4) is 0 Å². The van der Waals surface area contributed by atoms with Crippen LogP contribution in [0, 0.1) is 5.82 Å². The van der Waals surface area contributed by atoms with Crippen molar-refractivity contribution in [2.45, 2.75) is 22.2 Å². The number of rotatable bonds is 3. The molecule has 0 amide bonds. The van der Waals surface area contributed by atoms with Crippen LogP contribution in [-0.2, 0) is 0 Å².